The van der Waals surface area contributed by atoms with Crippen molar-refractivity contribution in [3.05, 3.63) is 83.5 Å². The third-order valence-electron chi connectivity index (χ3n) is 4.30. The maximum atomic E-state index is 6.00. The number of pyridine rings is 1. The Kier molecular flexibility index (Phi) is 8.28. The summed E-state index contributed by atoms with van der Waals surface area (Å²) in [6.45, 7) is 2.17. The maximum Gasteiger partial charge on any atom is 3.00 e. The van der Waals surface area contributed by atoms with Gasteiger partial charge in [0, 0.05) is 16.7 Å². The Hall–Kier alpha value is -1.40. The molecule has 0 unspecified atom stereocenters. The largest absolute Gasteiger partial charge is 3.00 e. The Morgan fingerprint density at radius 2 is 1.58 bits per heavy atom. The predicted octanol–water partition coefficient (Wildman–Crippen LogP) is 0.255. The van der Waals surface area contributed by atoms with Crippen LogP contribution in [0.4, 0.5) is 0 Å². The van der Waals surface area contributed by atoms with Crippen LogP contribution in [-0.4, -0.2) is 4.98 Å². The van der Waals surface area contributed by atoms with Crippen LogP contribution in [0.5, 0.6) is 0 Å². The van der Waals surface area contributed by atoms with Crippen LogP contribution in [0, 0.1) is 6.92 Å². The van der Waals surface area contributed by atoms with Crippen LogP contribution in [-0.2, 0) is 17.4 Å². The summed E-state index contributed by atoms with van der Waals surface area (Å²) in [4.78, 5) is 4.57. The smallest absolute Gasteiger partial charge is 1.00 e. The molecule has 4 rings (SSSR count). The molecule has 0 N–H and O–H groups in total. The zero-order valence-corrected chi connectivity index (χ0v) is 17.5. The van der Waals surface area contributed by atoms with Crippen LogP contribution in [0.3, 0.4) is 0 Å². The molecular weight excluding hydrogens is 425 g/mol. The number of hydrogen-bond donors (Lipinski definition) is 0. The third kappa shape index (κ3) is 4.12. The molecule has 26 heavy (non-hydrogen) atoms. The Labute approximate surface area is 181 Å². The molecule has 0 saturated heterocycles. The summed E-state index contributed by atoms with van der Waals surface area (Å²) in [5.74, 6) is 0. The molecule has 0 spiro atoms. The average Bonchev–Trinajstić information content (AvgIpc) is 2.96. The van der Waals surface area contributed by atoms with Gasteiger partial charge >= 0.3 is 17.4 Å². The minimum atomic E-state index is 0. The number of halogens is 3. The molecule has 0 aliphatic carbocycles. The number of hydrogen-bond acceptors (Lipinski definition) is 1. The zero-order valence-electron chi connectivity index (χ0n) is 13.9. The van der Waals surface area contributed by atoms with Gasteiger partial charge in [-0.3, -0.25) is 4.98 Å². The van der Waals surface area contributed by atoms with Gasteiger partial charge in [0.05, 0.1) is 0 Å². The molecule has 1 radical (unpaired) electrons. The molecule has 0 bridgehead atoms. The summed E-state index contributed by atoms with van der Waals surface area (Å²) in [6.07, 6.45) is 1.85. The van der Waals surface area contributed by atoms with Crippen molar-refractivity contribution in [3.8, 4) is 22.3 Å². The van der Waals surface area contributed by atoms with E-state index < -0.39 is 0 Å². The molecule has 0 atom stereocenters. The minimum absolute atomic E-state index is 0. The molecule has 1 nitrogen and oxygen atoms in total. The SMILES string of the molecule is Cc1c(-c2ccc(Cl)cc2)cc[c-]1-c1cccc2cccnc12.[Cl-].[Cl-].[Cr+3]. The second-order valence-electron chi connectivity index (χ2n) is 5.67. The Morgan fingerprint density at radius 1 is 0.885 bits per heavy atom. The molecule has 3 aromatic carbocycles. The first-order valence-corrected chi connectivity index (χ1v) is 7.98. The van der Waals surface area contributed by atoms with Gasteiger partial charge in [0.2, 0.25) is 0 Å². The normalized spacial score (nSPS) is 9.77. The minimum Gasteiger partial charge on any atom is -1.00 e. The van der Waals surface area contributed by atoms with E-state index in [0.29, 0.717) is 0 Å². The maximum absolute atomic E-state index is 6.00. The summed E-state index contributed by atoms with van der Waals surface area (Å²) in [5, 5.41) is 1.93. The monoisotopic (exact) mass is 438 g/mol. The van der Waals surface area contributed by atoms with E-state index in [1.807, 2.05) is 24.4 Å². The summed E-state index contributed by atoms with van der Waals surface area (Å²) in [7, 11) is 0. The van der Waals surface area contributed by atoms with Crippen molar-refractivity contribution in [1.82, 2.24) is 4.98 Å². The number of nitrogens with zero attached hydrogens (tertiary/aromatic N) is 1. The van der Waals surface area contributed by atoms with Crippen molar-refractivity contribution in [1.29, 1.82) is 0 Å². The second kappa shape index (κ2) is 9.51. The first-order valence-electron chi connectivity index (χ1n) is 7.60. The van der Waals surface area contributed by atoms with E-state index in [4.69, 9.17) is 11.6 Å². The first-order chi connectivity index (χ1) is 11.2. The van der Waals surface area contributed by atoms with Crippen molar-refractivity contribution in [2.75, 3.05) is 0 Å². The molecule has 0 aliphatic heterocycles. The van der Waals surface area contributed by atoms with Crippen molar-refractivity contribution in [2.45, 2.75) is 6.92 Å². The standard InChI is InChI=1S/C21H15ClN.2ClH.Cr/c1-14-18(15-7-9-17(22)10-8-15)11-12-19(14)20-6-2-4-16-5-3-13-23-21(16)20;;;/h2-13H,1H3;2*1H;/q-1;;;+3/p-2. The summed E-state index contributed by atoms with van der Waals surface area (Å²) < 4.78 is 0. The van der Waals surface area contributed by atoms with E-state index in [-0.39, 0.29) is 42.2 Å². The zero-order chi connectivity index (χ0) is 15.8. The number of rotatable bonds is 2. The van der Waals surface area contributed by atoms with Crippen LogP contribution in [0.15, 0.2) is 72.9 Å². The summed E-state index contributed by atoms with van der Waals surface area (Å²) in [6, 6.07) is 22.8. The second-order valence-corrected chi connectivity index (χ2v) is 6.11. The van der Waals surface area contributed by atoms with Crippen molar-refractivity contribution >= 4 is 22.5 Å². The molecule has 4 aromatic rings. The van der Waals surface area contributed by atoms with Crippen molar-refractivity contribution in [3.63, 3.8) is 0 Å². The van der Waals surface area contributed by atoms with Crippen LogP contribution in [0.2, 0.25) is 5.02 Å². The fourth-order valence-corrected chi connectivity index (χ4v) is 3.24. The van der Waals surface area contributed by atoms with E-state index in [0.717, 1.165) is 10.5 Å². The van der Waals surface area contributed by atoms with Gasteiger partial charge in [-0.25, -0.2) is 0 Å². The first kappa shape index (κ1) is 22.6. The molecular formula is C21H15Cl3CrN. The molecule has 0 amide bonds. The topological polar surface area (TPSA) is 12.9 Å². The third-order valence-corrected chi connectivity index (χ3v) is 4.55. The molecule has 0 saturated carbocycles. The van der Waals surface area contributed by atoms with Gasteiger partial charge in [0.15, 0.2) is 0 Å². The number of fused-ring (bicyclic) bond motifs is 1. The molecule has 1 heterocycles. The quantitative estimate of drug-likeness (QED) is 0.408. The van der Waals surface area contributed by atoms with Gasteiger partial charge in [-0.15, -0.1) is 29.3 Å². The van der Waals surface area contributed by atoms with E-state index in [1.165, 1.54) is 33.2 Å². The Balaban J connectivity index is 0.00000113. The molecule has 131 valence electrons. The van der Waals surface area contributed by atoms with Gasteiger partial charge in [0.1, 0.15) is 0 Å². The van der Waals surface area contributed by atoms with Crippen LogP contribution in [0.1, 0.15) is 5.56 Å². The van der Waals surface area contributed by atoms with Gasteiger partial charge in [0.25, 0.3) is 0 Å². The molecule has 5 heteroatoms. The van der Waals surface area contributed by atoms with Crippen LogP contribution >= 0.6 is 11.6 Å². The number of para-hydroxylation sites is 1. The van der Waals surface area contributed by atoms with E-state index in [2.05, 4.69) is 60.4 Å². The molecule has 1 aromatic heterocycles. The average molecular weight is 440 g/mol. The summed E-state index contributed by atoms with van der Waals surface area (Å²) >= 11 is 6.00. The van der Waals surface area contributed by atoms with Gasteiger partial charge < -0.3 is 24.8 Å². The van der Waals surface area contributed by atoms with Crippen molar-refractivity contribution in [2.24, 2.45) is 0 Å². The predicted molar refractivity (Wildman–Crippen MR) is 98.0 cm³/mol. The summed E-state index contributed by atoms with van der Waals surface area (Å²) in [5.41, 5.74) is 7.16. The Bertz CT molecular complexity index is 988. The van der Waals surface area contributed by atoms with Gasteiger partial charge in [-0.2, -0.15) is 0 Å². The molecule has 0 fully saturated rings. The van der Waals surface area contributed by atoms with Gasteiger partial charge in [-0.05, 0) is 23.6 Å². The number of benzene rings is 2. The molecule has 0 aliphatic rings. The van der Waals surface area contributed by atoms with Crippen LogP contribution < -0.4 is 24.8 Å². The fourth-order valence-electron chi connectivity index (χ4n) is 3.12. The van der Waals surface area contributed by atoms with Gasteiger partial charge in [-0.1, -0.05) is 65.5 Å². The van der Waals surface area contributed by atoms with E-state index in [1.54, 1.807) is 0 Å². The van der Waals surface area contributed by atoms with Crippen LogP contribution in [0.25, 0.3) is 33.2 Å². The van der Waals surface area contributed by atoms with E-state index >= 15 is 0 Å². The van der Waals surface area contributed by atoms with Crippen molar-refractivity contribution < 1.29 is 42.2 Å². The number of aromatic nitrogens is 1. The Morgan fingerprint density at radius 3 is 2.31 bits per heavy atom. The fraction of sp³-hybridized carbons (Fsp3) is 0.0476. The van der Waals surface area contributed by atoms with E-state index in [9.17, 15) is 0 Å².